The van der Waals surface area contributed by atoms with Crippen molar-refractivity contribution in [1.29, 1.82) is 0 Å². The predicted octanol–water partition coefficient (Wildman–Crippen LogP) is 2.37. The number of fused-ring (bicyclic) bond motifs is 1. The highest BCUT2D eigenvalue weighted by atomic mass is 16.5. The summed E-state index contributed by atoms with van der Waals surface area (Å²) in [5.41, 5.74) is 1.27. The Morgan fingerprint density at radius 1 is 1.10 bits per heavy atom. The molecular formula is C17H26N2O2. The van der Waals surface area contributed by atoms with Crippen LogP contribution in [-0.2, 0) is 6.54 Å². The Kier molecular flexibility index (Phi) is 4.36. The number of hydrogen-bond acceptors (Lipinski definition) is 4. The van der Waals surface area contributed by atoms with E-state index in [4.69, 9.17) is 9.47 Å². The molecule has 3 rings (SSSR count). The van der Waals surface area contributed by atoms with E-state index in [1.807, 2.05) is 6.07 Å². The van der Waals surface area contributed by atoms with Crippen LogP contribution in [0.1, 0.15) is 25.3 Å². The van der Waals surface area contributed by atoms with Crippen LogP contribution in [0.25, 0.3) is 0 Å². The lowest BCUT2D eigenvalue weighted by molar-refractivity contribution is 0.0539. The van der Waals surface area contributed by atoms with Crippen molar-refractivity contribution in [3.63, 3.8) is 0 Å². The lowest BCUT2D eigenvalue weighted by Crippen LogP contribution is -2.54. The van der Waals surface area contributed by atoms with Crippen molar-refractivity contribution >= 4 is 0 Å². The normalized spacial score (nSPS) is 26.6. The summed E-state index contributed by atoms with van der Waals surface area (Å²) >= 11 is 0. The molecule has 1 aromatic carbocycles. The lowest BCUT2D eigenvalue weighted by atomic mass is 10.1. The number of benzene rings is 1. The van der Waals surface area contributed by atoms with Crippen LogP contribution < -0.4 is 9.47 Å². The summed E-state index contributed by atoms with van der Waals surface area (Å²) in [5.74, 6) is 1.74. The van der Waals surface area contributed by atoms with Gasteiger partial charge >= 0.3 is 0 Å². The molecule has 0 spiro atoms. The molecule has 4 nitrogen and oxygen atoms in total. The second-order valence-corrected chi connectivity index (χ2v) is 6.29. The first kappa shape index (κ1) is 14.7. The molecule has 0 bridgehead atoms. The number of nitrogens with zero attached hydrogens (tertiary/aromatic N) is 2. The van der Waals surface area contributed by atoms with E-state index in [0.29, 0.717) is 6.04 Å². The fraction of sp³-hybridized carbons (Fsp3) is 0.647. The first-order valence-electron chi connectivity index (χ1n) is 7.89. The molecule has 2 aliphatic rings. The summed E-state index contributed by atoms with van der Waals surface area (Å²) in [6.07, 6.45) is 2.71. The highest BCUT2D eigenvalue weighted by Crippen LogP contribution is 2.28. The summed E-state index contributed by atoms with van der Waals surface area (Å²) in [6, 6.07) is 7.54. The second kappa shape index (κ2) is 6.24. The van der Waals surface area contributed by atoms with Crippen molar-refractivity contribution in [2.75, 3.05) is 33.9 Å². The zero-order chi connectivity index (χ0) is 14.8. The SMILES string of the molecule is COc1cc(CN2CC3CCCN3C[C@@H]2C)cc(OC)c1. The zero-order valence-electron chi connectivity index (χ0n) is 13.3. The smallest absolute Gasteiger partial charge is 0.122 e. The Hall–Kier alpha value is -1.26. The molecule has 2 aliphatic heterocycles. The van der Waals surface area contributed by atoms with Gasteiger partial charge in [-0.1, -0.05) is 0 Å². The van der Waals surface area contributed by atoms with Crippen molar-refractivity contribution in [2.24, 2.45) is 0 Å². The van der Waals surface area contributed by atoms with E-state index in [9.17, 15) is 0 Å². The molecule has 0 saturated carbocycles. The summed E-state index contributed by atoms with van der Waals surface area (Å²) in [7, 11) is 3.41. The third kappa shape index (κ3) is 3.16. The molecule has 0 radical (unpaired) electrons. The fourth-order valence-corrected chi connectivity index (χ4v) is 3.66. The minimum Gasteiger partial charge on any atom is -0.497 e. The number of piperazine rings is 1. The maximum Gasteiger partial charge on any atom is 0.122 e. The van der Waals surface area contributed by atoms with Crippen LogP contribution in [-0.4, -0.2) is 55.7 Å². The Balaban J connectivity index is 1.73. The summed E-state index contributed by atoms with van der Waals surface area (Å²) in [6.45, 7) is 6.98. The molecular weight excluding hydrogens is 264 g/mol. The largest absolute Gasteiger partial charge is 0.497 e. The zero-order valence-corrected chi connectivity index (χ0v) is 13.3. The van der Waals surface area contributed by atoms with Crippen LogP contribution in [0.3, 0.4) is 0 Å². The van der Waals surface area contributed by atoms with E-state index < -0.39 is 0 Å². The van der Waals surface area contributed by atoms with Gasteiger partial charge in [-0.25, -0.2) is 0 Å². The van der Waals surface area contributed by atoms with Crippen molar-refractivity contribution in [3.8, 4) is 11.5 Å². The predicted molar refractivity (Wildman–Crippen MR) is 84.0 cm³/mol. The molecule has 1 unspecified atom stereocenters. The van der Waals surface area contributed by atoms with Crippen LogP contribution in [0.4, 0.5) is 0 Å². The van der Waals surface area contributed by atoms with Gasteiger partial charge in [0.2, 0.25) is 0 Å². The third-order valence-electron chi connectivity index (χ3n) is 4.86. The summed E-state index contributed by atoms with van der Waals surface area (Å²) in [4.78, 5) is 5.26. The van der Waals surface area contributed by atoms with E-state index in [-0.39, 0.29) is 0 Å². The Morgan fingerprint density at radius 2 is 1.81 bits per heavy atom. The lowest BCUT2D eigenvalue weighted by Gasteiger charge is -2.42. The minimum absolute atomic E-state index is 0.608. The van der Waals surface area contributed by atoms with Gasteiger partial charge in [0.05, 0.1) is 14.2 Å². The molecule has 0 amide bonds. The van der Waals surface area contributed by atoms with Gasteiger partial charge in [0.1, 0.15) is 11.5 Å². The van der Waals surface area contributed by atoms with Crippen molar-refractivity contribution in [3.05, 3.63) is 23.8 Å². The Bertz CT molecular complexity index is 469. The minimum atomic E-state index is 0.608. The van der Waals surface area contributed by atoms with Gasteiger partial charge < -0.3 is 9.47 Å². The second-order valence-electron chi connectivity index (χ2n) is 6.29. The number of ether oxygens (including phenoxy) is 2. The highest BCUT2D eigenvalue weighted by molar-refractivity contribution is 5.38. The van der Waals surface area contributed by atoms with Crippen molar-refractivity contribution in [1.82, 2.24) is 9.80 Å². The van der Waals surface area contributed by atoms with Gasteiger partial charge in [0.15, 0.2) is 0 Å². The average Bonchev–Trinajstić information content (AvgIpc) is 2.94. The molecule has 21 heavy (non-hydrogen) atoms. The molecule has 0 N–H and O–H groups in total. The fourth-order valence-electron chi connectivity index (χ4n) is 3.66. The number of methoxy groups -OCH3 is 2. The first-order valence-corrected chi connectivity index (χ1v) is 7.89. The topological polar surface area (TPSA) is 24.9 Å². The molecule has 0 aromatic heterocycles. The average molecular weight is 290 g/mol. The Morgan fingerprint density at radius 3 is 2.48 bits per heavy atom. The molecule has 2 fully saturated rings. The molecule has 4 heteroatoms. The van der Waals surface area contributed by atoms with E-state index in [0.717, 1.165) is 24.1 Å². The maximum atomic E-state index is 5.38. The highest BCUT2D eigenvalue weighted by Gasteiger charge is 2.34. The van der Waals surface area contributed by atoms with Crippen LogP contribution in [0, 0.1) is 0 Å². The summed E-state index contributed by atoms with van der Waals surface area (Å²) < 4.78 is 10.8. The molecule has 2 saturated heterocycles. The van der Waals surface area contributed by atoms with Gasteiger partial charge in [-0.15, -0.1) is 0 Å². The molecule has 2 atom stereocenters. The number of hydrogen-bond donors (Lipinski definition) is 0. The van der Waals surface area contributed by atoms with Crippen LogP contribution >= 0.6 is 0 Å². The standard InChI is InChI=1S/C17H26N2O2/c1-13-10-18-6-4-5-15(18)12-19(13)11-14-7-16(20-2)9-17(8-14)21-3/h7-9,13,15H,4-6,10-12H2,1-3H3/t13-,15?/m0/s1. The van der Waals surface area contributed by atoms with E-state index in [1.165, 1.54) is 38.0 Å². The molecule has 116 valence electrons. The van der Waals surface area contributed by atoms with Crippen molar-refractivity contribution in [2.45, 2.75) is 38.4 Å². The van der Waals surface area contributed by atoms with Crippen molar-refractivity contribution < 1.29 is 9.47 Å². The van der Waals surface area contributed by atoms with Crippen LogP contribution in [0.15, 0.2) is 18.2 Å². The van der Waals surface area contributed by atoms with Gasteiger partial charge in [-0.2, -0.15) is 0 Å². The van der Waals surface area contributed by atoms with E-state index >= 15 is 0 Å². The monoisotopic (exact) mass is 290 g/mol. The number of rotatable bonds is 4. The van der Waals surface area contributed by atoms with Gasteiger partial charge in [-0.3, -0.25) is 9.80 Å². The summed E-state index contributed by atoms with van der Waals surface area (Å²) in [5, 5.41) is 0. The molecule has 2 heterocycles. The first-order chi connectivity index (χ1) is 10.2. The van der Waals surface area contributed by atoms with Gasteiger partial charge in [0, 0.05) is 37.8 Å². The van der Waals surface area contributed by atoms with Crippen LogP contribution in [0.5, 0.6) is 11.5 Å². The Labute approximate surface area is 127 Å². The van der Waals surface area contributed by atoms with E-state index in [1.54, 1.807) is 14.2 Å². The van der Waals surface area contributed by atoms with E-state index in [2.05, 4.69) is 28.9 Å². The van der Waals surface area contributed by atoms with Crippen LogP contribution in [0.2, 0.25) is 0 Å². The molecule has 1 aromatic rings. The quantitative estimate of drug-likeness (QED) is 0.850. The van der Waals surface area contributed by atoms with Gasteiger partial charge in [0.25, 0.3) is 0 Å². The van der Waals surface area contributed by atoms with Gasteiger partial charge in [-0.05, 0) is 44.0 Å². The maximum absolute atomic E-state index is 5.38. The third-order valence-corrected chi connectivity index (χ3v) is 4.86. The molecule has 0 aliphatic carbocycles.